The highest BCUT2D eigenvalue weighted by atomic mass is 32.2. The number of hydrogen-bond acceptors (Lipinski definition) is 3. The Labute approximate surface area is 85.3 Å². The second kappa shape index (κ2) is 5.31. The van der Waals surface area contributed by atoms with Gasteiger partial charge in [0.25, 0.3) is 0 Å². The lowest BCUT2D eigenvalue weighted by Gasteiger charge is -2.13. The minimum absolute atomic E-state index is 0.302. The Kier molecular flexibility index (Phi) is 5.07. The predicted molar refractivity (Wildman–Crippen MR) is 55.3 cm³/mol. The molecule has 0 aromatic heterocycles. The summed E-state index contributed by atoms with van der Waals surface area (Å²) < 4.78 is 23.8. The van der Waals surface area contributed by atoms with E-state index in [0.717, 1.165) is 6.26 Å². The molecule has 0 aliphatic carbocycles. The Balaban J connectivity index is 4.01. The van der Waals surface area contributed by atoms with Crippen molar-refractivity contribution in [2.24, 2.45) is 5.92 Å². The van der Waals surface area contributed by atoms with Crippen LogP contribution in [0.4, 0.5) is 0 Å². The van der Waals surface area contributed by atoms with Gasteiger partial charge in [-0.2, -0.15) is 0 Å². The molecule has 0 aliphatic heterocycles. The molecule has 0 aromatic rings. The molecule has 0 saturated carbocycles. The molecule has 0 aromatic carbocycles. The zero-order valence-electron chi connectivity index (χ0n) is 8.99. The third-order valence-corrected chi connectivity index (χ3v) is 2.25. The molecule has 84 valence electrons. The second-order valence-corrected chi connectivity index (χ2v) is 5.53. The summed E-state index contributed by atoms with van der Waals surface area (Å²) in [5, 5.41) is 2.64. The number of hydrogen-bond donors (Lipinski definition) is 2. The van der Waals surface area contributed by atoms with Gasteiger partial charge < -0.3 is 5.32 Å². The largest absolute Gasteiger partial charge is 0.354 e. The van der Waals surface area contributed by atoms with E-state index in [-0.39, 0.29) is 5.91 Å². The van der Waals surface area contributed by atoms with Crippen molar-refractivity contribution in [2.45, 2.75) is 26.8 Å². The van der Waals surface area contributed by atoms with E-state index < -0.39 is 16.1 Å². The van der Waals surface area contributed by atoms with Gasteiger partial charge in [0.1, 0.15) is 0 Å². The number of sulfonamides is 1. The van der Waals surface area contributed by atoms with Gasteiger partial charge in [0.05, 0.1) is 12.3 Å². The van der Waals surface area contributed by atoms with E-state index in [1.807, 2.05) is 13.8 Å². The predicted octanol–water partition coefficient (Wildman–Crippen LogP) is -0.304. The van der Waals surface area contributed by atoms with Crippen LogP contribution in [-0.4, -0.2) is 33.2 Å². The van der Waals surface area contributed by atoms with Crippen LogP contribution in [0.25, 0.3) is 0 Å². The molecular formula is C8H18N2O3S. The molecule has 0 spiro atoms. The molecule has 5 nitrogen and oxygen atoms in total. The summed E-state index contributed by atoms with van der Waals surface area (Å²) in [6.45, 7) is 6.00. The van der Waals surface area contributed by atoms with Crippen LogP contribution < -0.4 is 10.0 Å². The summed E-state index contributed by atoms with van der Waals surface area (Å²) in [4.78, 5) is 11.3. The summed E-state index contributed by atoms with van der Waals surface area (Å²) >= 11 is 0. The van der Waals surface area contributed by atoms with Gasteiger partial charge in [-0.1, -0.05) is 13.8 Å². The van der Waals surface area contributed by atoms with Crippen molar-refractivity contribution in [3.63, 3.8) is 0 Å². The van der Waals surface area contributed by atoms with Crippen molar-refractivity contribution in [2.75, 3.05) is 12.8 Å². The summed E-state index contributed by atoms with van der Waals surface area (Å²) in [7, 11) is -3.32. The summed E-state index contributed by atoms with van der Waals surface area (Å²) in [5.74, 6) is 0.0495. The Morgan fingerprint density at radius 2 is 1.79 bits per heavy atom. The smallest absolute Gasteiger partial charge is 0.237 e. The Morgan fingerprint density at radius 3 is 2.14 bits per heavy atom. The van der Waals surface area contributed by atoms with E-state index >= 15 is 0 Å². The van der Waals surface area contributed by atoms with E-state index in [2.05, 4.69) is 10.0 Å². The molecule has 0 bridgehead atoms. The van der Waals surface area contributed by atoms with Crippen molar-refractivity contribution in [3.8, 4) is 0 Å². The van der Waals surface area contributed by atoms with Crippen LogP contribution in [0.3, 0.4) is 0 Å². The minimum atomic E-state index is -3.32. The van der Waals surface area contributed by atoms with E-state index in [4.69, 9.17) is 0 Å². The zero-order valence-corrected chi connectivity index (χ0v) is 9.81. The fourth-order valence-corrected chi connectivity index (χ4v) is 1.58. The lowest BCUT2D eigenvalue weighted by atomic mass is 10.2. The Morgan fingerprint density at radius 1 is 1.29 bits per heavy atom. The van der Waals surface area contributed by atoms with Crippen LogP contribution >= 0.6 is 0 Å². The van der Waals surface area contributed by atoms with E-state index in [9.17, 15) is 13.2 Å². The van der Waals surface area contributed by atoms with Gasteiger partial charge >= 0.3 is 0 Å². The monoisotopic (exact) mass is 222 g/mol. The van der Waals surface area contributed by atoms with Crippen LogP contribution in [0.1, 0.15) is 20.8 Å². The van der Waals surface area contributed by atoms with Gasteiger partial charge in [-0.3, -0.25) is 4.79 Å². The highest BCUT2D eigenvalue weighted by Gasteiger charge is 2.16. The van der Waals surface area contributed by atoms with Crippen molar-refractivity contribution < 1.29 is 13.2 Å². The van der Waals surface area contributed by atoms with Gasteiger partial charge in [0, 0.05) is 6.54 Å². The summed E-state index contributed by atoms with van der Waals surface area (Å²) in [6.07, 6.45) is 1.03. The summed E-state index contributed by atoms with van der Waals surface area (Å²) in [6, 6.07) is -0.719. The van der Waals surface area contributed by atoms with Gasteiger partial charge in [0.15, 0.2) is 0 Å². The van der Waals surface area contributed by atoms with E-state index in [1.54, 1.807) is 0 Å². The molecule has 2 N–H and O–H groups in total. The maximum Gasteiger partial charge on any atom is 0.237 e. The molecule has 0 saturated heterocycles. The van der Waals surface area contributed by atoms with Crippen LogP contribution in [0.5, 0.6) is 0 Å². The van der Waals surface area contributed by atoms with Crippen molar-refractivity contribution >= 4 is 15.9 Å². The van der Waals surface area contributed by atoms with Crippen LogP contribution in [-0.2, 0) is 14.8 Å². The van der Waals surface area contributed by atoms with E-state index in [1.165, 1.54) is 6.92 Å². The topological polar surface area (TPSA) is 75.3 Å². The maximum atomic E-state index is 11.3. The van der Waals surface area contributed by atoms with E-state index in [0.29, 0.717) is 12.5 Å². The standard InChI is InChI=1S/C8H18N2O3S/c1-6(2)5-9-8(11)7(3)10-14(4,12)13/h6-7,10H,5H2,1-4H3,(H,9,11). The number of carbonyl (C=O) groups excluding carboxylic acids is 1. The quantitative estimate of drug-likeness (QED) is 0.670. The van der Waals surface area contributed by atoms with Crippen molar-refractivity contribution in [3.05, 3.63) is 0 Å². The zero-order chi connectivity index (χ0) is 11.4. The second-order valence-electron chi connectivity index (χ2n) is 3.75. The van der Waals surface area contributed by atoms with Crippen molar-refractivity contribution in [1.82, 2.24) is 10.0 Å². The molecular weight excluding hydrogens is 204 g/mol. The molecule has 0 radical (unpaired) electrons. The number of amides is 1. The average Bonchev–Trinajstić information content (AvgIpc) is 1.96. The third kappa shape index (κ3) is 6.85. The first-order valence-electron chi connectivity index (χ1n) is 4.47. The molecule has 14 heavy (non-hydrogen) atoms. The fourth-order valence-electron chi connectivity index (χ4n) is 0.832. The van der Waals surface area contributed by atoms with Crippen LogP contribution in [0, 0.1) is 5.92 Å². The summed E-state index contributed by atoms with van der Waals surface area (Å²) in [5.41, 5.74) is 0. The lowest BCUT2D eigenvalue weighted by molar-refractivity contribution is -0.122. The normalized spacial score (nSPS) is 14.1. The van der Waals surface area contributed by atoms with Crippen LogP contribution in [0.15, 0.2) is 0 Å². The highest BCUT2D eigenvalue weighted by molar-refractivity contribution is 7.88. The highest BCUT2D eigenvalue weighted by Crippen LogP contribution is 1.90. The molecule has 1 atom stereocenters. The molecule has 0 aliphatic rings. The third-order valence-electron chi connectivity index (χ3n) is 1.47. The average molecular weight is 222 g/mol. The first-order valence-corrected chi connectivity index (χ1v) is 6.36. The van der Waals surface area contributed by atoms with Crippen LogP contribution in [0.2, 0.25) is 0 Å². The van der Waals surface area contributed by atoms with Gasteiger partial charge in [-0.05, 0) is 12.8 Å². The first kappa shape index (κ1) is 13.4. The Bertz CT molecular complexity index is 285. The first-order chi connectivity index (χ1) is 6.22. The molecule has 0 fully saturated rings. The molecule has 1 amide bonds. The number of rotatable bonds is 5. The van der Waals surface area contributed by atoms with Crippen molar-refractivity contribution in [1.29, 1.82) is 0 Å². The lowest BCUT2D eigenvalue weighted by Crippen LogP contribution is -2.45. The minimum Gasteiger partial charge on any atom is -0.354 e. The Hall–Kier alpha value is -0.620. The maximum absolute atomic E-state index is 11.3. The molecule has 1 unspecified atom stereocenters. The fraction of sp³-hybridized carbons (Fsp3) is 0.875. The SMILES string of the molecule is CC(C)CNC(=O)C(C)NS(C)(=O)=O. The molecule has 6 heteroatoms. The van der Waals surface area contributed by atoms with Gasteiger partial charge in [-0.15, -0.1) is 0 Å². The molecule has 0 heterocycles. The molecule has 0 rings (SSSR count). The number of carbonyl (C=O) groups is 1. The number of nitrogens with one attached hydrogen (secondary N) is 2. The van der Waals surface area contributed by atoms with Gasteiger partial charge in [0.2, 0.25) is 15.9 Å². The van der Waals surface area contributed by atoms with Gasteiger partial charge in [-0.25, -0.2) is 13.1 Å².